The normalized spacial score (nSPS) is 21.8. The minimum absolute atomic E-state index is 0.0113. The van der Waals surface area contributed by atoms with E-state index in [2.05, 4.69) is 31.6 Å². The zero-order valence-corrected chi connectivity index (χ0v) is 25.2. The zero-order valence-electron chi connectivity index (χ0n) is 25.2. The molecule has 1 heterocycles. The lowest BCUT2D eigenvalue weighted by Gasteiger charge is -2.26. The molecule has 10 N–H and O–H groups in total. The molecule has 0 spiro atoms. The van der Waals surface area contributed by atoms with Crippen molar-refractivity contribution >= 4 is 41.3 Å². The van der Waals surface area contributed by atoms with Gasteiger partial charge in [0.1, 0.15) is 35.7 Å². The summed E-state index contributed by atoms with van der Waals surface area (Å²) in [6.07, 6.45) is 2.59. The van der Waals surface area contributed by atoms with Crippen LogP contribution in [0.1, 0.15) is 64.4 Å². The molecule has 44 heavy (non-hydrogen) atoms. The fourth-order valence-corrected chi connectivity index (χ4v) is 4.57. The van der Waals surface area contributed by atoms with Crippen LogP contribution in [-0.4, -0.2) is 83.6 Å². The van der Waals surface area contributed by atoms with Crippen LogP contribution in [0.15, 0.2) is 29.3 Å². The summed E-state index contributed by atoms with van der Waals surface area (Å²) in [5.41, 5.74) is 11.3. The van der Waals surface area contributed by atoms with E-state index in [0.29, 0.717) is 18.4 Å². The Labute approximate surface area is 256 Å². The summed E-state index contributed by atoms with van der Waals surface area (Å²) in [5, 5.41) is 22.6. The minimum Gasteiger partial charge on any atom is -0.508 e. The number of nitrogens with one attached hydrogen (secondary N) is 5. The number of phenols is 1. The largest absolute Gasteiger partial charge is 0.508 e. The number of unbranched alkanes of at least 4 members (excludes halogenated alkanes) is 2. The molecule has 5 amide bonds. The van der Waals surface area contributed by atoms with E-state index in [4.69, 9.17) is 11.5 Å². The topological polar surface area (TPSA) is 247 Å². The Morgan fingerprint density at radius 2 is 1.39 bits per heavy atom. The van der Waals surface area contributed by atoms with Gasteiger partial charge in [0.15, 0.2) is 5.96 Å². The number of carbonyl (C=O) groups excluding carboxylic acids is 6. The standard InChI is InChI=1S/C29H44N8O7/c1-3-4-5-7-21-26(42)35-20(8-6-13-32-29(30)31)25(41)33-16-24(40)34-22(14-17(2)38)27(43)37-23(28(44)36-21)15-18-9-11-19(39)12-10-18/h9-12,20-23,39H,3-8,13-16H2,1-2H3,(H,33,41)(H,34,40)(H,35,42)(H,36,44)(H,37,43)(H4,30,31,32)/t20-,21-,22-,23+/m0/s1. The number of carbonyl (C=O) groups is 6. The van der Waals surface area contributed by atoms with Crippen molar-refractivity contribution in [2.75, 3.05) is 13.1 Å². The predicted molar refractivity (Wildman–Crippen MR) is 162 cm³/mol. The van der Waals surface area contributed by atoms with Crippen LogP contribution in [-0.2, 0) is 35.2 Å². The van der Waals surface area contributed by atoms with E-state index < -0.39 is 66.0 Å². The van der Waals surface area contributed by atoms with Crippen LogP contribution in [0.5, 0.6) is 5.75 Å². The number of aromatic hydroxyl groups is 1. The quantitative estimate of drug-likeness (QED) is 0.0782. The molecule has 1 aliphatic rings. The first kappa shape index (κ1) is 35.5. The Bertz CT molecular complexity index is 1200. The number of Topliss-reactive ketones (excluding diaryl/α,β-unsaturated/α-hetero) is 1. The van der Waals surface area contributed by atoms with E-state index in [1.165, 1.54) is 19.1 Å². The minimum atomic E-state index is -1.33. The first-order valence-electron chi connectivity index (χ1n) is 14.7. The van der Waals surface area contributed by atoms with Gasteiger partial charge in [0.2, 0.25) is 29.5 Å². The van der Waals surface area contributed by atoms with Gasteiger partial charge in [-0.05, 0) is 43.9 Å². The number of ketones is 1. The lowest BCUT2D eigenvalue weighted by atomic mass is 10.0. The molecule has 15 nitrogen and oxygen atoms in total. The highest BCUT2D eigenvalue weighted by molar-refractivity contribution is 5.98. The van der Waals surface area contributed by atoms with Crippen molar-refractivity contribution < 1.29 is 33.9 Å². The first-order valence-corrected chi connectivity index (χ1v) is 14.7. The van der Waals surface area contributed by atoms with E-state index in [1.807, 2.05) is 6.92 Å². The third-order valence-corrected chi connectivity index (χ3v) is 6.88. The Kier molecular flexibility index (Phi) is 14.6. The van der Waals surface area contributed by atoms with Gasteiger partial charge in [0, 0.05) is 19.4 Å². The maximum atomic E-state index is 13.6. The molecule has 0 aromatic heterocycles. The number of hydrogen-bond acceptors (Lipinski definition) is 8. The van der Waals surface area contributed by atoms with Gasteiger partial charge < -0.3 is 43.2 Å². The van der Waals surface area contributed by atoms with Gasteiger partial charge in [-0.1, -0.05) is 38.3 Å². The molecule has 0 unspecified atom stereocenters. The number of nitrogens with zero attached hydrogens (tertiary/aromatic N) is 1. The van der Waals surface area contributed by atoms with Gasteiger partial charge in [0.05, 0.1) is 6.54 Å². The molecule has 0 bridgehead atoms. The van der Waals surface area contributed by atoms with Gasteiger partial charge in [-0.15, -0.1) is 0 Å². The van der Waals surface area contributed by atoms with Crippen LogP contribution in [0.4, 0.5) is 0 Å². The van der Waals surface area contributed by atoms with Gasteiger partial charge in [-0.3, -0.25) is 33.8 Å². The van der Waals surface area contributed by atoms with E-state index in [0.717, 1.165) is 12.8 Å². The fraction of sp³-hybridized carbons (Fsp3) is 0.552. The Morgan fingerprint density at radius 3 is 2.00 bits per heavy atom. The van der Waals surface area contributed by atoms with Crippen molar-refractivity contribution in [2.24, 2.45) is 16.5 Å². The molecule has 1 saturated heterocycles. The van der Waals surface area contributed by atoms with Crippen molar-refractivity contribution in [3.05, 3.63) is 29.8 Å². The number of benzene rings is 1. The highest BCUT2D eigenvalue weighted by Gasteiger charge is 2.32. The molecule has 1 fully saturated rings. The first-order chi connectivity index (χ1) is 20.9. The lowest BCUT2D eigenvalue weighted by Crippen LogP contribution is -2.58. The maximum Gasteiger partial charge on any atom is 0.243 e. The number of hydrogen-bond donors (Lipinski definition) is 8. The summed E-state index contributed by atoms with van der Waals surface area (Å²) in [5.74, 6) is -4.00. The predicted octanol–water partition coefficient (Wildman–Crippen LogP) is -1.38. The third-order valence-electron chi connectivity index (χ3n) is 6.88. The number of amides is 5. The van der Waals surface area contributed by atoms with Gasteiger partial charge in [0.25, 0.3) is 0 Å². The van der Waals surface area contributed by atoms with Crippen LogP contribution in [0, 0.1) is 0 Å². The number of rotatable bonds is 12. The average Bonchev–Trinajstić information content (AvgIpc) is 2.96. The number of phenolic OH excluding ortho intramolecular Hbond substituents is 1. The summed E-state index contributed by atoms with van der Waals surface area (Å²) in [6, 6.07) is 1.36. The van der Waals surface area contributed by atoms with Crippen LogP contribution in [0.25, 0.3) is 0 Å². The summed E-state index contributed by atoms with van der Waals surface area (Å²) in [7, 11) is 0. The lowest BCUT2D eigenvalue weighted by molar-refractivity contribution is -0.134. The van der Waals surface area contributed by atoms with Gasteiger partial charge >= 0.3 is 0 Å². The van der Waals surface area contributed by atoms with E-state index in [9.17, 15) is 33.9 Å². The summed E-state index contributed by atoms with van der Waals surface area (Å²) in [4.78, 5) is 82.1. The smallest absolute Gasteiger partial charge is 0.243 e. The molecule has 242 valence electrons. The van der Waals surface area contributed by atoms with Crippen molar-refractivity contribution in [2.45, 2.75) is 89.4 Å². The molecule has 0 radical (unpaired) electrons. The second-order valence-corrected chi connectivity index (χ2v) is 10.7. The SMILES string of the molecule is CCCCC[C@@H]1NC(=O)[C@@H](Cc2ccc(O)cc2)NC(=O)[C@H](CC(C)=O)NC(=O)CNC(=O)[C@H](CCCN=C(N)N)NC1=O. The van der Waals surface area contributed by atoms with Crippen molar-refractivity contribution in [1.82, 2.24) is 26.6 Å². The maximum absolute atomic E-state index is 13.6. The van der Waals surface area contributed by atoms with Crippen molar-refractivity contribution in [1.29, 1.82) is 0 Å². The molecule has 4 atom stereocenters. The molecule has 1 aromatic rings. The van der Waals surface area contributed by atoms with Crippen LogP contribution in [0.3, 0.4) is 0 Å². The molecular formula is C29H44N8O7. The van der Waals surface area contributed by atoms with E-state index in [-0.39, 0.29) is 43.9 Å². The van der Waals surface area contributed by atoms with Crippen LogP contribution >= 0.6 is 0 Å². The summed E-state index contributed by atoms with van der Waals surface area (Å²) < 4.78 is 0. The molecule has 1 aromatic carbocycles. The fourth-order valence-electron chi connectivity index (χ4n) is 4.57. The number of guanidine groups is 1. The molecule has 2 rings (SSSR count). The highest BCUT2D eigenvalue weighted by atomic mass is 16.3. The zero-order chi connectivity index (χ0) is 32.6. The molecule has 0 aliphatic carbocycles. The van der Waals surface area contributed by atoms with Crippen LogP contribution in [0.2, 0.25) is 0 Å². The number of aliphatic imine (C=N–C) groups is 1. The average molecular weight is 617 g/mol. The van der Waals surface area contributed by atoms with E-state index >= 15 is 0 Å². The third kappa shape index (κ3) is 12.7. The van der Waals surface area contributed by atoms with Gasteiger partial charge in [-0.2, -0.15) is 0 Å². The van der Waals surface area contributed by atoms with Crippen LogP contribution < -0.4 is 38.1 Å². The monoisotopic (exact) mass is 616 g/mol. The second-order valence-electron chi connectivity index (χ2n) is 10.7. The Hall–Kier alpha value is -4.69. The van der Waals surface area contributed by atoms with Crippen molar-refractivity contribution in [3.8, 4) is 5.75 Å². The van der Waals surface area contributed by atoms with Gasteiger partial charge in [-0.25, -0.2) is 0 Å². The Balaban J connectivity index is 2.45. The Morgan fingerprint density at radius 1 is 0.818 bits per heavy atom. The highest BCUT2D eigenvalue weighted by Crippen LogP contribution is 2.13. The summed E-state index contributed by atoms with van der Waals surface area (Å²) >= 11 is 0. The second kappa shape index (κ2) is 18.1. The molecule has 0 saturated carbocycles. The molecular weight excluding hydrogens is 572 g/mol. The van der Waals surface area contributed by atoms with E-state index in [1.54, 1.807) is 12.1 Å². The number of nitrogens with two attached hydrogens (primary N) is 2. The van der Waals surface area contributed by atoms with Crippen molar-refractivity contribution in [3.63, 3.8) is 0 Å². The summed E-state index contributed by atoms with van der Waals surface area (Å²) in [6.45, 7) is 2.90. The molecule has 1 aliphatic heterocycles. The molecule has 15 heteroatoms.